The summed E-state index contributed by atoms with van der Waals surface area (Å²) >= 11 is 3.28. The van der Waals surface area contributed by atoms with E-state index >= 15 is 0 Å². The van der Waals surface area contributed by atoms with Gasteiger partial charge in [-0.1, -0.05) is 15.9 Å². The molecule has 0 unspecified atom stereocenters. The summed E-state index contributed by atoms with van der Waals surface area (Å²) < 4.78 is 22.9. The van der Waals surface area contributed by atoms with Gasteiger partial charge in [-0.25, -0.2) is 8.42 Å². The maximum atomic E-state index is 11.8. The molecule has 0 fully saturated rings. The van der Waals surface area contributed by atoms with E-state index in [4.69, 9.17) is 0 Å². The number of amides is 1. The number of benzene rings is 1. The quantitative estimate of drug-likeness (QED) is 0.916. The summed E-state index contributed by atoms with van der Waals surface area (Å²) in [5.41, 5.74) is 0.502. The summed E-state index contributed by atoms with van der Waals surface area (Å²) in [7, 11) is -3.21. The molecule has 1 aromatic rings. The molecule has 0 aliphatic rings. The number of carbonyl (C=O) groups is 1. The fraction of sp³-hybridized carbons (Fsp3) is 0.417. The predicted octanol–water partition coefficient (Wildman–Crippen LogP) is 2.00. The molecule has 1 amide bonds. The van der Waals surface area contributed by atoms with Gasteiger partial charge in [0.05, 0.1) is 4.75 Å². The van der Waals surface area contributed by atoms with Crippen LogP contribution in [0.25, 0.3) is 0 Å². The van der Waals surface area contributed by atoms with Crippen molar-refractivity contribution < 1.29 is 13.2 Å². The zero-order valence-corrected chi connectivity index (χ0v) is 12.9. The molecular formula is C12H16BrNO3S. The number of sulfone groups is 1. The molecule has 0 saturated carbocycles. The van der Waals surface area contributed by atoms with Crippen molar-refractivity contribution >= 4 is 31.7 Å². The number of hydrogen-bond donors (Lipinski definition) is 1. The normalized spacial score (nSPS) is 12.2. The standard InChI is InChI=1S/C12H16BrNO3S/c1-12(2,18(3,16)17)8-14-11(15)9-4-6-10(13)7-5-9/h4-7H,8H2,1-3H3,(H,14,15). The number of carbonyl (C=O) groups excluding carboxylic acids is 1. The monoisotopic (exact) mass is 333 g/mol. The third-order valence-corrected chi connectivity index (χ3v) is 5.47. The highest BCUT2D eigenvalue weighted by Crippen LogP contribution is 2.14. The van der Waals surface area contributed by atoms with Crippen LogP contribution in [0.5, 0.6) is 0 Å². The fourth-order valence-corrected chi connectivity index (χ4v) is 1.73. The largest absolute Gasteiger partial charge is 0.350 e. The smallest absolute Gasteiger partial charge is 0.251 e. The number of hydrogen-bond acceptors (Lipinski definition) is 3. The molecule has 0 aromatic heterocycles. The molecule has 0 aliphatic heterocycles. The summed E-state index contributed by atoms with van der Waals surface area (Å²) in [5.74, 6) is -0.278. The van der Waals surface area contributed by atoms with Crippen molar-refractivity contribution in [2.45, 2.75) is 18.6 Å². The maximum absolute atomic E-state index is 11.8. The summed E-state index contributed by atoms with van der Waals surface area (Å²) in [6.07, 6.45) is 1.17. The Kier molecular flexibility index (Phi) is 4.55. The van der Waals surface area contributed by atoms with Crippen molar-refractivity contribution in [1.29, 1.82) is 0 Å². The lowest BCUT2D eigenvalue weighted by Gasteiger charge is -2.22. The molecule has 0 heterocycles. The zero-order chi connectivity index (χ0) is 14.0. The molecule has 6 heteroatoms. The molecule has 0 aliphatic carbocycles. The van der Waals surface area contributed by atoms with Crippen molar-refractivity contribution in [2.24, 2.45) is 0 Å². The Hall–Kier alpha value is -0.880. The number of rotatable bonds is 4. The van der Waals surface area contributed by atoms with Crippen LogP contribution in [-0.2, 0) is 9.84 Å². The molecule has 0 atom stereocenters. The van der Waals surface area contributed by atoms with Gasteiger partial charge in [0.2, 0.25) is 0 Å². The van der Waals surface area contributed by atoms with Crippen molar-refractivity contribution in [3.63, 3.8) is 0 Å². The summed E-state index contributed by atoms with van der Waals surface area (Å²) in [6.45, 7) is 3.26. The Balaban J connectivity index is 2.70. The van der Waals surface area contributed by atoms with Crippen molar-refractivity contribution in [2.75, 3.05) is 12.8 Å². The highest BCUT2D eigenvalue weighted by Gasteiger charge is 2.30. The van der Waals surface area contributed by atoms with E-state index in [-0.39, 0.29) is 12.5 Å². The van der Waals surface area contributed by atoms with Crippen LogP contribution < -0.4 is 5.32 Å². The predicted molar refractivity (Wildman–Crippen MR) is 75.4 cm³/mol. The minimum atomic E-state index is -3.21. The second kappa shape index (κ2) is 5.40. The third-order valence-electron chi connectivity index (χ3n) is 2.78. The summed E-state index contributed by atoms with van der Waals surface area (Å²) in [4.78, 5) is 11.8. The molecular weight excluding hydrogens is 318 g/mol. The van der Waals surface area contributed by atoms with E-state index in [0.29, 0.717) is 5.56 Å². The molecule has 0 radical (unpaired) electrons. The van der Waals surface area contributed by atoms with Crippen LogP contribution in [0.2, 0.25) is 0 Å². The first-order valence-electron chi connectivity index (χ1n) is 5.37. The minimum absolute atomic E-state index is 0.0841. The molecule has 0 saturated heterocycles. The van der Waals surface area contributed by atoms with Gasteiger partial charge < -0.3 is 5.32 Å². The van der Waals surface area contributed by atoms with Gasteiger partial charge in [0, 0.05) is 22.8 Å². The Morgan fingerprint density at radius 2 is 1.78 bits per heavy atom. The van der Waals surface area contributed by atoms with Crippen molar-refractivity contribution in [3.05, 3.63) is 34.3 Å². The second-order valence-corrected chi connectivity index (χ2v) is 8.29. The van der Waals surface area contributed by atoms with E-state index < -0.39 is 14.6 Å². The molecule has 1 N–H and O–H groups in total. The van der Waals surface area contributed by atoms with Crippen LogP contribution in [0.15, 0.2) is 28.7 Å². The second-order valence-electron chi connectivity index (χ2n) is 4.72. The van der Waals surface area contributed by atoms with E-state index in [0.717, 1.165) is 4.47 Å². The van der Waals surface area contributed by atoms with Crippen LogP contribution in [0.4, 0.5) is 0 Å². The van der Waals surface area contributed by atoms with Gasteiger partial charge in [-0.05, 0) is 38.1 Å². The Bertz CT molecular complexity index is 535. The van der Waals surface area contributed by atoms with Crippen LogP contribution in [-0.4, -0.2) is 31.9 Å². The lowest BCUT2D eigenvalue weighted by molar-refractivity contribution is 0.0950. The Morgan fingerprint density at radius 3 is 2.22 bits per heavy atom. The van der Waals surface area contributed by atoms with E-state index in [1.807, 2.05) is 0 Å². The Labute approximate surface area is 116 Å². The molecule has 1 aromatic carbocycles. The highest BCUT2D eigenvalue weighted by molar-refractivity contribution is 9.10. The first-order chi connectivity index (χ1) is 8.13. The lowest BCUT2D eigenvalue weighted by Crippen LogP contribution is -2.43. The first kappa shape index (κ1) is 15.2. The molecule has 18 heavy (non-hydrogen) atoms. The first-order valence-corrected chi connectivity index (χ1v) is 8.05. The van der Waals surface area contributed by atoms with Gasteiger partial charge in [-0.2, -0.15) is 0 Å². The molecule has 0 spiro atoms. The zero-order valence-electron chi connectivity index (χ0n) is 10.5. The Morgan fingerprint density at radius 1 is 1.28 bits per heavy atom. The van der Waals surface area contributed by atoms with E-state index in [1.54, 1.807) is 38.1 Å². The van der Waals surface area contributed by atoms with Crippen molar-refractivity contribution in [1.82, 2.24) is 5.32 Å². The van der Waals surface area contributed by atoms with Crippen LogP contribution in [0.1, 0.15) is 24.2 Å². The third kappa shape index (κ3) is 3.81. The minimum Gasteiger partial charge on any atom is -0.350 e. The SMILES string of the molecule is CC(C)(CNC(=O)c1ccc(Br)cc1)S(C)(=O)=O. The lowest BCUT2D eigenvalue weighted by atomic mass is 10.2. The molecule has 100 valence electrons. The maximum Gasteiger partial charge on any atom is 0.251 e. The van der Waals surface area contributed by atoms with Gasteiger partial charge >= 0.3 is 0 Å². The van der Waals surface area contributed by atoms with E-state index in [9.17, 15) is 13.2 Å². The van der Waals surface area contributed by atoms with Crippen molar-refractivity contribution in [3.8, 4) is 0 Å². The van der Waals surface area contributed by atoms with E-state index in [1.165, 1.54) is 6.26 Å². The van der Waals surface area contributed by atoms with E-state index in [2.05, 4.69) is 21.2 Å². The number of halogens is 1. The topological polar surface area (TPSA) is 63.2 Å². The summed E-state index contributed by atoms with van der Waals surface area (Å²) in [6, 6.07) is 6.87. The van der Waals surface area contributed by atoms with Gasteiger partial charge in [0.15, 0.2) is 9.84 Å². The van der Waals surface area contributed by atoms with Crippen LogP contribution >= 0.6 is 15.9 Å². The molecule has 4 nitrogen and oxygen atoms in total. The van der Waals surface area contributed by atoms with Gasteiger partial charge in [-0.3, -0.25) is 4.79 Å². The molecule has 1 rings (SSSR count). The highest BCUT2D eigenvalue weighted by atomic mass is 79.9. The van der Waals surface area contributed by atoms with Crippen LogP contribution in [0.3, 0.4) is 0 Å². The van der Waals surface area contributed by atoms with Gasteiger partial charge in [0.1, 0.15) is 0 Å². The average molecular weight is 334 g/mol. The summed E-state index contributed by atoms with van der Waals surface area (Å²) in [5, 5.41) is 2.63. The van der Waals surface area contributed by atoms with Crippen LogP contribution in [0, 0.1) is 0 Å². The fourth-order valence-electron chi connectivity index (χ4n) is 1.13. The average Bonchev–Trinajstić information content (AvgIpc) is 2.25. The molecule has 0 bridgehead atoms. The van der Waals surface area contributed by atoms with Gasteiger partial charge in [0.25, 0.3) is 5.91 Å². The number of nitrogens with one attached hydrogen (secondary N) is 1. The van der Waals surface area contributed by atoms with Gasteiger partial charge in [-0.15, -0.1) is 0 Å².